The van der Waals surface area contributed by atoms with Crippen molar-refractivity contribution in [2.45, 2.75) is 44.3 Å². The van der Waals surface area contributed by atoms with Gasteiger partial charge in [0.2, 0.25) is 0 Å². The molecule has 1 aromatic rings. The first-order valence-corrected chi connectivity index (χ1v) is 8.77. The third-order valence-corrected chi connectivity index (χ3v) is 5.09. The number of methoxy groups -OCH3 is 1. The molecule has 1 aliphatic heterocycles. The Balaban J connectivity index is 1.55. The molecule has 1 aliphatic carbocycles. The summed E-state index contributed by atoms with van der Waals surface area (Å²) in [5.41, 5.74) is 0.638. The van der Waals surface area contributed by atoms with Crippen LogP contribution < -0.4 is 10.2 Å². The summed E-state index contributed by atoms with van der Waals surface area (Å²) >= 11 is 1.37. The SMILES string of the molecule is COC1CCCCC1OC(=O)Cc1csc(N2CCNC2=O)n1. The molecule has 1 N–H and O–H groups in total. The average molecular weight is 339 g/mol. The molecule has 2 aliphatic rings. The predicted molar refractivity (Wildman–Crippen MR) is 85.7 cm³/mol. The van der Waals surface area contributed by atoms with Gasteiger partial charge in [0.15, 0.2) is 5.13 Å². The lowest BCUT2D eigenvalue weighted by atomic mass is 9.94. The first-order valence-electron chi connectivity index (χ1n) is 7.89. The first-order chi connectivity index (χ1) is 11.2. The monoisotopic (exact) mass is 339 g/mol. The van der Waals surface area contributed by atoms with E-state index in [-0.39, 0.29) is 30.6 Å². The van der Waals surface area contributed by atoms with Gasteiger partial charge in [-0.3, -0.25) is 9.69 Å². The van der Waals surface area contributed by atoms with E-state index in [0.29, 0.717) is 23.9 Å². The number of esters is 1. The Labute approximate surface area is 139 Å². The standard InChI is InChI=1S/C15H21N3O4S/c1-21-11-4-2-3-5-12(11)22-13(19)8-10-9-23-15(17-10)18-7-6-16-14(18)20/h9,11-12H,2-8H2,1H3,(H,16,20). The van der Waals surface area contributed by atoms with Gasteiger partial charge in [-0.25, -0.2) is 9.78 Å². The molecular weight excluding hydrogens is 318 g/mol. The maximum absolute atomic E-state index is 12.1. The Morgan fingerprint density at radius 2 is 2.22 bits per heavy atom. The number of thiazole rings is 1. The molecule has 7 nitrogen and oxygen atoms in total. The summed E-state index contributed by atoms with van der Waals surface area (Å²) in [6, 6.07) is -0.140. The lowest BCUT2D eigenvalue weighted by Gasteiger charge is -2.29. The molecule has 8 heteroatoms. The zero-order valence-corrected chi connectivity index (χ0v) is 13.9. The molecule has 0 aromatic carbocycles. The second-order valence-corrected chi connectivity index (χ2v) is 6.61. The van der Waals surface area contributed by atoms with Gasteiger partial charge in [0, 0.05) is 25.6 Å². The number of carbonyl (C=O) groups excluding carboxylic acids is 2. The van der Waals surface area contributed by atoms with Gasteiger partial charge in [-0.2, -0.15) is 0 Å². The molecule has 2 heterocycles. The van der Waals surface area contributed by atoms with E-state index < -0.39 is 0 Å². The Morgan fingerprint density at radius 1 is 1.43 bits per heavy atom. The van der Waals surface area contributed by atoms with Crippen molar-refractivity contribution in [3.63, 3.8) is 0 Å². The summed E-state index contributed by atoms with van der Waals surface area (Å²) in [4.78, 5) is 29.7. The van der Waals surface area contributed by atoms with E-state index in [1.54, 1.807) is 17.4 Å². The molecule has 126 valence electrons. The summed E-state index contributed by atoms with van der Waals surface area (Å²) < 4.78 is 11.0. The van der Waals surface area contributed by atoms with Crippen LogP contribution in [0.5, 0.6) is 0 Å². The minimum atomic E-state index is -0.290. The van der Waals surface area contributed by atoms with Crippen LogP contribution in [0, 0.1) is 0 Å². The number of aromatic nitrogens is 1. The van der Waals surface area contributed by atoms with Gasteiger partial charge in [0.1, 0.15) is 6.10 Å². The van der Waals surface area contributed by atoms with Gasteiger partial charge in [-0.05, 0) is 19.3 Å². The van der Waals surface area contributed by atoms with Crippen LogP contribution in [0.4, 0.5) is 9.93 Å². The summed E-state index contributed by atoms with van der Waals surface area (Å²) in [6.07, 6.45) is 3.90. The minimum absolute atomic E-state index is 0.00742. The molecule has 1 saturated heterocycles. The zero-order chi connectivity index (χ0) is 16.2. The lowest BCUT2D eigenvalue weighted by Crippen LogP contribution is -2.36. The number of urea groups is 1. The fraction of sp³-hybridized carbons (Fsp3) is 0.667. The Kier molecular flexibility index (Phi) is 5.12. The molecule has 1 aromatic heterocycles. The van der Waals surface area contributed by atoms with Gasteiger partial charge in [-0.1, -0.05) is 6.42 Å². The van der Waals surface area contributed by atoms with Crippen LogP contribution >= 0.6 is 11.3 Å². The van der Waals surface area contributed by atoms with Crippen molar-refractivity contribution in [2.24, 2.45) is 0 Å². The molecule has 0 radical (unpaired) electrons. The third-order valence-electron chi connectivity index (χ3n) is 4.18. The summed E-state index contributed by atoms with van der Waals surface area (Å²) in [5.74, 6) is -0.290. The largest absolute Gasteiger partial charge is 0.459 e. The van der Waals surface area contributed by atoms with Crippen LogP contribution in [0.25, 0.3) is 0 Å². The highest BCUT2D eigenvalue weighted by Crippen LogP contribution is 2.25. The van der Waals surface area contributed by atoms with Gasteiger partial charge in [-0.15, -0.1) is 11.3 Å². The number of rotatable bonds is 5. The van der Waals surface area contributed by atoms with E-state index in [1.165, 1.54) is 11.3 Å². The number of ether oxygens (including phenoxy) is 2. The van der Waals surface area contributed by atoms with Gasteiger partial charge in [0.25, 0.3) is 0 Å². The number of hydrogen-bond donors (Lipinski definition) is 1. The normalized spacial score (nSPS) is 24.6. The van der Waals surface area contributed by atoms with E-state index in [0.717, 1.165) is 25.7 Å². The quantitative estimate of drug-likeness (QED) is 0.826. The van der Waals surface area contributed by atoms with Crippen LogP contribution in [0.15, 0.2) is 5.38 Å². The summed E-state index contributed by atoms with van der Waals surface area (Å²) in [6.45, 7) is 1.23. The molecule has 2 unspecified atom stereocenters. The van der Waals surface area contributed by atoms with Crippen molar-refractivity contribution in [3.8, 4) is 0 Å². The molecule has 1 saturated carbocycles. The van der Waals surface area contributed by atoms with Crippen LogP contribution in [-0.4, -0.2) is 49.4 Å². The van der Waals surface area contributed by atoms with Crippen molar-refractivity contribution < 1.29 is 19.1 Å². The topological polar surface area (TPSA) is 80.8 Å². The number of nitrogens with one attached hydrogen (secondary N) is 1. The second-order valence-electron chi connectivity index (χ2n) is 5.77. The molecular formula is C15H21N3O4S. The number of amides is 2. The summed E-state index contributed by atoms with van der Waals surface area (Å²) in [5, 5.41) is 5.15. The van der Waals surface area contributed by atoms with E-state index in [9.17, 15) is 9.59 Å². The van der Waals surface area contributed by atoms with Crippen molar-refractivity contribution >= 4 is 28.5 Å². The van der Waals surface area contributed by atoms with Crippen molar-refractivity contribution in [2.75, 3.05) is 25.1 Å². The molecule has 2 fully saturated rings. The smallest absolute Gasteiger partial charge is 0.323 e. The van der Waals surface area contributed by atoms with Crippen LogP contribution in [0.2, 0.25) is 0 Å². The van der Waals surface area contributed by atoms with Crippen LogP contribution in [0.1, 0.15) is 31.4 Å². The maximum Gasteiger partial charge on any atom is 0.323 e. The van der Waals surface area contributed by atoms with Gasteiger partial charge < -0.3 is 14.8 Å². The molecule has 3 rings (SSSR count). The molecule has 2 amide bonds. The number of nitrogens with zero attached hydrogens (tertiary/aromatic N) is 2. The Morgan fingerprint density at radius 3 is 2.91 bits per heavy atom. The fourth-order valence-corrected chi connectivity index (χ4v) is 3.83. The lowest BCUT2D eigenvalue weighted by molar-refractivity contribution is -0.158. The van der Waals surface area contributed by atoms with E-state index in [2.05, 4.69) is 10.3 Å². The fourth-order valence-electron chi connectivity index (χ4n) is 2.98. The number of anilines is 1. The van der Waals surface area contributed by atoms with E-state index in [4.69, 9.17) is 9.47 Å². The van der Waals surface area contributed by atoms with Gasteiger partial charge >= 0.3 is 12.0 Å². The number of carbonyl (C=O) groups is 2. The van der Waals surface area contributed by atoms with Crippen LogP contribution in [-0.2, 0) is 20.7 Å². The second kappa shape index (κ2) is 7.27. The molecule has 0 spiro atoms. The third kappa shape index (κ3) is 3.81. The average Bonchev–Trinajstić information content (AvgIpc) is 3.16. The van der Waals surface area contributed by atoms with Crippen molar-refractivity contribution in [3.05, 3.63) is 11.1 Å². The highest BCUT2D eigenvalue weighted by atomic mass is 32.1. The number of hydrogen-bond acceptors (Lipinski definition) is 6. The Hall–Kier alpha value is -1.67. The highest BCUT2D eigenvalue weighted by molar-refractivity contribution is 7.14. The van der Waals surface area contributed by atoms with E-state index in [1.807, 2.05) is 0 Å². The highest BCUT2D eigenvalue weighted by Gasteiger charge is 2.29. The molecule has 0 bridgehead atoms. The first kappa shape index (κ1) is 16.2. The van der Waals surface area contributed by atoms with Gasteiger partial charge in [0.05, 0.1) is 18.2 Å². The van der Waals surface area contributed by atoms with Crippen LogP contribution in [0.3, 0.4) is 0 Å². The van der Waals surface area contributed by atoms with Crippen molar-refractivity contribution in [1.82, 2.24) is 10.3 Å². The Bertz CT molecular complexity index is 577. The molecule has 2 atom stereocenters. The minimum Gasteiger partial charge on any atom is -0.459 e. The maximum atomic E-state index is 12.1. The zero-order valence-electron chi connectivity index (χ0n) is 13.1. The molecule has 23 heavy (non-hydrogen) atoms. The van der Waals surface area contributed by atoms with Crippen molar-refractivity contribution in [1.29, 1.82) is 0 Å². The van der Waals surface area contributed by atoms with E-state index >= 15 is 0 Å². The summed E-state index contributed by atoms with van der Waals surface area (Å²) in [7, 11) is 1.66. The predicted octanol–water partition coefficient (Wildman–Crippen LogP) is 1.72.